The molecule has 36 heavy (non-hydrogen) atoms. The topological polar surface area (TPSA) is 68.2 Å². The molecule has 0 bridgehead atoms. The van der Waals surface area contributed by atoms with Crippen molar-refractivity contribution in [2.45, 2.75) is 40.7 Å². The van der Waals surface area contributed by atoms with Gasteiger partial charge >= 0.3 is 5.97 Å². The predicted molar refractivity (Wildman–Crippen MR) is 151 cm³/mol. The van der Waals surface area contributed by atoms with E-state index < -0.39 is 0 Å². The maximum atomic E-state index is 12.7. The average molecular weight is 519 g/mol. The quantitative estimate of drug-likeness (QED) is 0.205. The van der Waals surface area contributed by atoms with Crippen molar-refractivity contribution in [1.29, 1.82) is 0 Å². The fraction of sp³-hybridized carbons (Fsp3) is 0.250. The lowest BCUT2D eigenvalue weighted by Crippen LogP contribution is -2.21. The minimum atomic E-state index is -0.364. The van der Waals surface area contributed by atoms with Gasteiger partial charge in [0.1, 0.15) is 5.00 Å². The Morgan fingerprint density at radius 2 is 1.78 bits per heavy atom. The lowest BCUT2D eigenvalue weighted by Gasteiger charge is -2.12. The van der Waals surface area contributed by atoms with Crippen LogP contribution in [-0.2, 0) is 17.7 Å². The summed E-state index contributed by atoms with van der Waals surface area (Å²) in [6.07, 6.45) is 0.726. The third-order valence-corrected chi connectivity index (χ3v) is 7.18. The van der Waals surface area contributed by atoms with Gasteiger partial charge in [0.2, 0.25) is 0 Å². The molecule has 0 aliphatic carbocycles. The van der Waals surface area contributed by atoms with Crippen LogP contribution in [0.25, 0.3) is 0 Å². The zero-order valence-corrected chi connectivity index (χ0v) is 22.6. The maximum absolute atomic E-state index is 12.7. The number of aryl methyl sites for hydroxylation is 2. The van der Waals surface area contributed by atoms with E-state index in [1.165, 1.54) is 28.0 Å². The number of nitrogens with zero attached hydrogens (tertiary/aromatic N) is 2. The summed E-state index contributed by atoms with van der Waals surface area (Å²) in [6, 6.07) is 20.3. The molecule has 4 rings (SSSR count). The number of thiophene rings is 1. The maximum Gasteiger partial charge on any atom is 0.341 e. The van der Waals surface area contributed by atoms with Gasteiger partial charge < -0.3 is 15.4 Å². The third kappa shape index (κ3) is 6.01. The van der Waals surface area contributed by atoms with Gasteiger partial charge in [-0.05, 0) is 62.7 Å². The highest BCUT2D eigenvalue weighted by Gasteiger charge is 2.20. The number of anilines is 2. The van der Waals surface area contributed by atoms with Gasteiger partial charge in [0, 0.05) is 11.3 Å². The molecule has 4 aromatic rings. The lowest BCUT2D eigenvalue weighted by atomic mass is 10.1. The van der Waals surface area contributed by atoms with E-state index in [2.05, 4.69) is 41.8 Å². The first-order valence-electron chi connectivity index (χ1n) is 11.9. The largest absolute Gasteiger partial charge is 0.462 e. The van der Waals surface area contributed by atoms with E-state index in [1.54, 1.807) is 6.92 Å². The Kier molecular flexibility index (Phi) is 8.18. The van der Waals surface area contributed by atoms with Crippen LogP contribution in [0.1, 0.15) is 50.2 Å². The molecule has 2 heterocycles. The van der Waals surface area contributed by atoms with Crippen molar-refractivity contribution < 1.29 is 9.53 Å². The fourth-order valence-corrected chi connectivity index (χ4v) is 5.36. The fourth-order valence-electron chi connectivity index (χ4n) is 4.01. The number of rotatable bonds is 8. The number of aromatic nitrogens is 2. The highest BCUT2D eigenvalue weighted by Crippen LogP contribution is 2.31. The summed E-state index contributed by atoms with van der Waals surface area (Å²) in [5, 5.41) is 12.3. The molecule has 0 aliphatic rings. The van der Waals surface area contributed by atoms with Crippen molar-refractivity contribution in [1.82, 2.24) is 9.78 Å². The molecule has 0 atom stereocenters. The molecule has 2 aromatic carbocycles. The molecule has 0 spiro atoms. The van der Waals surface area contributed by atoms with Crippen LogP contribution >= 0.6 is 23.6 Å². The van der Waals surface area contributed by atoms with E-state index in [4.69, 9.17) is 22.1 Å². The van der Waals surface area contributed by atoms with Gasteiger partial charge in [-0.1, -0.05) is 54.6 Å². The molecule has 2 aromatic heterocycles. The van der Waals surface area contributed by atoms with Gasteiger partial charge in [0.25, 0.3) is 0 Å². The molecule has 8 heteroatoms. The monoisotopic (exact) mass is 518 g/mol. The van der Waals surface area contributed by atoms with Gasteiger partial charge in [0.05, 0.1) is 35.8 Å². The van der Waals surface area contributed by atoms with Crippen LogP contribution in [0.15, 0.2) is 60.7 Å². The number of esters is 1. The first-order valence-corrected chi connectivity index (χ1v) is 13.1. The number of thiocarbonyl (C=S) groups is 1. The molecule has 0 saturated heterocycles. The number of ether oxygens (including phenoxy) is 1. The Morgan fingerprint density at radius 1 is 1.06 bits per heavy atom. The summed E-state index contributed by atoms with van der Waals surface area (Å²) in [6.45, 7) is 8.88. The Balaban J connectivity index is 1.52. The second-order valence-electron chi connectivity index (χ2n) is 8.55. The highest BCUT2D eigenvalue weighted by atomic mass is 32.1. The van der Waals surface area contributed by atoms with Crippen molar-refractivity contribution >= 4 is 45.3 Å². The van der Waals surface area contributed by atoms with Crippen molar-refractivity contribution in [3.8, 4) is 0 Å². The molecule has 0 fully saturated rings. The number of benzene rings is 2. The molecule has 0 radical (unpaired) electrons. The summed E-state index contributed by atoms with van der Waals surface area (Å²) in [7, 11) is 0. The molecule has 0 aliphatic heterocycles. The summed E-state index contributed by atoms with van der Waals surface area (Å²) in [4.78, 5) is 13.7. The van der Waals surface area contributed by atoms with E-state index >= 15 is 0 Å². The van der Waals surface area contributed by atoms with Gasteiger partial charge in [0.15, 0.2) is 5.11 Å². The van der Waals surface area contributed by atoms with Crippen molar-refractivity contribution in [2.24, 2.45) is 0 Å². The number of carbonyl (C=O) groups is 1. The van der Waals surface area contributed by atoms with Crippen molar-refractivity contribution in [3.63, 3.8) is 0 Å². The van der Waals surface area contributed by atoms with E-state index in [-0.39, 0.29) is 5.97 Å². The van der Waals surface area contributed by atoms with Crippen LogP contribution in [0.5, 0.6) is 0 Å². The van der Waals surface area contributed by atoms with Gasteiger partial charge in [-0.3, -0.25) is 4.68 Å². The Bertz CT molecular complexity index is 1380. The van der Waals surface area contributed by atoms with Crippen LogP contribution in [0.4, 0.5) is 10.7 Å². The lowest BCUT2D eigenvalue weighted by molar-refractivity contribution is 0.0528. The number of hydrogen-bond donors (Lipinski definition) is 2. The minimum Gasteiger partial charge on any atom is -0.462 e. The molecular weight excluding hydrogens is 488 g/mol. The Hall–Kier alpha value is -3.49. The average Bonchev–Trinajstić information content (AvgIpc) is 3.36. The predicted octanol–water partition coefficient (Wildman–Crippen LogP) is 6.49. The number of nitrogens with one attached hydrogen (secondary N) is 2. The van der Waals surface area contributed by atoms with Crippen LogP contribution in [0, 0.1) is 20.8 Å². The first-order chi connectivity index (χ1) is 17.4. The highest BCUT2D eigenvalue weighted by molar-refractivity contribution is 7.80. The molecule has 0 unspecified atom stereocenters. The SMILES string of the molecule is CCOC(=O)c1cc(Cc2ccccc2)sc1NC(=S)Nc1c(C)nn(Cc2ccccc2C)c1C. The van der Waals surface area contributed by atoms with E-state index in [0.29, 0.717) is 28.8 Å². The Morgan fingerprint density at radius 3 is 2.50 bits per heavy atom. The zero-order chi connectivity index (χ0) is 25.7. The van der Waals surface area contributed by atoms with E-state index in [1.807, 2.05) is 54.9 Å². The first kappa shape index (κ1) is 25.6. The van der Waals surface area contributed by atoms with Crippen LogP contribution in [0.3, 0.4) is 0 Å². The second kappa shape index (κ2) is 11.5. The molecule has 0 amide bonds. The van der Waals surface area contributed by atoms with Gasteiger partial charge in [-0.15, -0.1) is 11.3 Å². The van der Waals surface area contributed by atoms with E-state index in [9.17, 15) is 4.79 Å². The second-order valence-corrected chi connectivity index (χ2v) is 10.1. The summed E-state index contributed by atoms with van der Waals surface area (Å²) < 4.78 is 7.27. The number of hydrogen-bond acceptors (Lipinski definition) is 5. The summed E-state index contributed by atoms with van der Waals surface area (Å²) >= 11 is 7.15. The normalized spacial score (nSPS) is 10.8. The van der Waals surface area contributed by atoms with Crippen LogP contribution in [0.2, 0.25) is 0 Å². The van der Waals surface area contributed by atoms with Gasteiger partial charge in [-0.25, -0.2) is 4.79 Å². The Labute approximate surface area is 221 Å². The molecule has 0 saturated carbocycles. The standard InChI is InChI=1S/C28H30N4O2S2/c1-5-34-27(33)24-16-23(15-21-12-7-6-8-13-21)36-26(24)30-28(35)29-25-19(3)31-32(20(25)4)17-22-14-10-9-11-18(22)2/h6-14,16H,5,15,17H2,1-4H3,(H2,29,30,35). The number of carbonyl (C=O) groups excluding carboxylic acids is 1. The molecular formula is C28H30N4O2S2. The molecule has 2 N–H and O–H groups in total. The van der Waals surface area contributed by atoms with Crippen molar-refractivity contribution in [2.75, 3.05) is 17.2 Å². The summed E-state index contributed by atoms with van der Waals surface area (Å²) in [5.74, 6) is -0.364. The zero-order valence-electron chi connectivity index (χ0n) is 20.9. The van der Waals surface area contributed by atoms with Crippen molar-refractivity contribution in [3.05, 3.63) is 99.2 Å². The smallest absolute Gasteiger partial charge is 0.341 e. The van der Waals surface area contributed by atoms with E-state index in [0.717, 1.165) is 28.4 Å². The molecule has 186 valence electrons. The summed E-state index contributed by atoms with van der Waals surface area (Å²) in [5.41, 5.74) is 6.81. The van der Waals surface area contributed by atoms with Crippen LogP contribution < -0.4 is 10.6 Å². The van der Waals surface area contributed by atoms with Crippen LogP contribution in [-0.4, -0.2) is 27.5 Å². The molecule has 6 nitrogen and oxygen atoms in total. The third-order valence-electron chi connectivity index (χ3n) is 5.93. The van der Waals surface area contributed by atoms with Gasteiger partial charge in [-0.2, -0.15) is 5.10 Å². The minimum absolute atomic E-state index is 0.309.